The number of hydrogen-bond acceptors (Lipinski definition) is 3. The highest BCUT2D eigenvalue weighted by molar-refractivity contribution is 6.33. The largest absolute Gasteiger partial charge is 0.497 e. The fourth-order valence-corrected chi connectivity index (χ4v) is 2.30. The molecule has 0 aliphatic carbocycles. The van der Waals surface area contributed by atoms with Crippen LogP contribution in [0.2, 0.25) is 5.02 Å². The van der Waals surface area contributed by atoms with Gasteiger partial charge in [-0.3, -0.25) is 0 Å². The predicted octanol–water partition coefficient (Wildman–Crippen LogP) is 4.91. The first-order valence-corrected chi connectivity index (χ1v) is 7.66. The summed E-state index contributed by atoms with van der Waals surface area (Å²) >= 11 is 6.07. The molecule has 0 N–H and O–H groups in total. The summed E-state index contributed by atoms with van der Waals surface area (Å²) in [5.41, 5.74) is 1.56. The minimum absolute atomic E-state index is 0.309. The number of aryl methyl sites for hydroxylation is 1. The number of ether oxygens (including phenoxy) is 2. The zero-order chi connectivity index (χ0) is 15.9. The summed E-state index contributed by atoms with van der Waals surface area (Å²) in [5, 5.41) is 0.309. The zero-order valence-electron chi connectivity index (χ0n) is 12.8. The Kier molecular flexibility index (Phi) is 5.84. The molecule has 0 saturated carbocycles. The van der Waals surface area contributed by atoms with Gasteiger partial charge in [0.1, 0.15) is 11.5 Å². The van der Waals surface area contributed by atoms with Gasteiger partial charge >= 0.3 is 5.97 Å². The fourth-order valence-electron chi connectivity index (χ4n) is 2.06. The van der Waals surface area contributed by atoms with Crippen LogP contribution in [0.15, 0.2) is 42.5 Å². The lowest BCUT2D eigenvalue weighted by Crippen LogP contribution is -2.09. The van der Waals surface area contributed by atoms with Crippen molar-refractivity contribution in [2.75, 3.05) is 7.11 Å². The fraction of sp³-hybridized carbons (Fsp3) is 0.278. The third-order valence-corrected chi connectivity index (χ3v) is 3.66. The van der Waals surface area contributed by atoms with Crippen LogP contribution in [0.4, 0.5) is 0 Å². The van der Waals surface area contributed by atoms with E-state index >= 15 is 0 Å². The first kappa shape index (κ1) is 16.4. The summed E-state index contributed by atoms with van der Waals surface area (Å²) < 4.78 is 10.4. The third-order valence-electron chi connectivity index (χ3n) is 3.35. The number of methoxy groups -OCH3 is 1. The van der Waals surface area contributed by atoms with Crippen molar-refractivity contribution < 1.29 is 14.3 Å². The highest BCUT2D eigenvalue weighted by Crippen LogP contribution is 2.24. The molecule has 2 aromatic rings. The van der Waals surface area contributed by atoms with Gasteiger partial charge in [-0.1, -0.05) is 37.1 Å². The molecule has 0 unspecified atom stereocenters. The Morgan fingerprint density at radius 3 is 2.36 bits per heavy atom. The van der Waals surface area contributed by atoms with Crippen LogP contribution in [0.3, 0.4) is 0 Å². The minimum Gasteiger partial charge on any atom is -0.497 e. The van der Waals surface area contributed by atoms with Crippen molar-refractivity contribution in [3.8, 4) is 11.5 Å². The maximum atomic E-state index is 12.1. The van der Waals surface area contributed by atoms with Crippen molar-refractivity contribution in [1.82, 2.24) is 0 Å². The van der Waals surface area contributed by atoms with E-state index in [1.165, 1.54) is 5.56 Å². The van der Waals surface area contributed by atoms with Gasteiger partial charge in [0.05, 0.1) is 17.7 Å². The monoisotopic (exact) mass is 318 g/mol. The average molecular weight is 319 g/mol. The van der Waals surface area contributed by atoms with E-state index in [9.17, 15) is 4.79 Å². The van der Waals surface area contributed by atoms with E-state index in [4.69, 9.17) is 21.1 Å². The summed E-state index contributed by atoms with van der Waals surface area (Å²) in [4.78, 5) is 12.1. The number of hydrogen-bond donors (Lipinski definition) is 0. The molecule has 0 atom stereocenters. The van der Waals surface area contributed by atoms with Crippen molar-refractivity contribution in [1.29, 1.82) is 0 Å². The molecule has 0 fully saturated rings. The third kappa shape index (κ3) is 4.25. The van der Waals surface area contributed by atoms with Crippen molar-refractivity contribution in [3.63, 3.8) is 0 Å². The van der Waals surface area contributed by atoms with Crippen LogP contribution in [-0.2, 0) is 6.42 Å². The SMILES string of the molecule is CCCCc1ccc(OC(=O)c2ccc(OC)cc2Cl)cc1. The molecular formula is C18H19ClO3. The quantitative estimate of drug-likeness (QED) is 0.560. The Bertz CT molecular complexity index is 635. The van der Waals surface area contributed by atoms with E-state index < -0.39 is 5.97 Å². The van der Waals surface area contributed by atoms with Gasteiger partial charge in [0.25, 0.3) is 0 Å². The van der Waals surface area contributed by atoms with Gasteiger partial charge in [0.2, 0.25) is 0 Å². The van der Waals surface area contributed by atoms with E-state index in [1.54, 1.807) is 37.4 Å². The second-order valence-corrected chi connectivity index (χ2v) is 5.39. The molecule has 0 bridgehead atoms. The first-order chi connectivity index (χ1) is 10.6. The summed E-state index contributed by atoms with van der Waals surface area (Å²) in [6.45, 7) is 2.16. The second-order valence-electron chi connectivity index (χ2n) is 4.98. The van der Waals surface area contributed by atoms with Gasteiger partial charge < -0.3 is 9.47 Å². The van der Waals surface area contributed by atoms with E-state index in [-0.39, 0.29) is 0 Å². The second kappa shape index (κ2) is 7.85. The number of unbranched alkanes of at least 4 members (excludes halogenated alkanes) is 1. The Balaban J connectivity index is 2.05. The molecule has 2 aromatic carbocycles. The van der Waals surface area contributed by atoms with Crippen LogP contribution in [-0.4, -0.2) is 13.1 Å². The van der Waals surface area contributed by atoms with Crippen LogP contribution in [0.1, 0.15) is 35.7 Å². The maximum Gasteiger partial charge on any atom is 0.345 e. The van der Waals surface area contributed by atoms with Gasteiger partial charge in [0, 0.05) is 0 Å². The highest BCUT2D eigenvalue weighted by atomic mass is 35.5. The molecule has 2 rings (SSSR count). The van der Waals surface area contributed by atoms with E-state index in [0.29, 0.717) is 22.1 Å². The lowest BCUT2D eigenvalue weighted by atomic mass is 10.1. The Hall–Kier alpha value is -2.00. The summed E-state index contributed by atoms with van der Waals surface area (Å²) in [6, 6.07) is 12.4. The van der Waals surface area contributed by atoms with E-state index in [2.05, 4.69) is 6.92 Å². The molecule has 116 valence electrons. The molecule has 0 radical (unpaired) electrons. The molecule has 0 spiro atoms. The Morgan fingerprint density at radius 1 is 1.09 bits per heavy atom. The summed E-state index contributed by atoms with van der Waals surface area (Å²) in [5.74, 6) is 0.632. The first-order valence-electron chi connectivity index (χ1n) is 7.28. The molecular weight excluding hydrogens is 300 g/mol. The number of halogens is 1. The van der Waals surface area contributed by atoms with E-state index in [0.717, 1.165) is 19.3 Å². The smallest absolute Gasteiger partial charge is 0.345 e. The van der Waals surface area contributed by atoms with Gasteiger partial charge in [-0.2, -0.15) is 0 Å². The van der Waals surface area contributed by atoms with Crippen LogP contribution >= 0.6 is 11.6 Å². The number of rotatable bonds is 6. The van der Waals surface area contributed by atoms with Gasteiger partial charge in [0.15, 0.2) is 0 Å². The molecule has 3 nitrogen and oxygen atoms in total. The summed E-state index contributed by atoms with van der Waals surface area (Å²) in [6.07, 6.45) is 3.35. The van der Waals surface area contributed by atoms with Crippen molar-refractivity contribution in [2.24, 2.45) is 0 Å². The van der Waals surface area contributed by atoms with Gasteiger partial charge in [-0.15, -0.1) is 0 Å². The lowest BCUT2D eigenvalue weighted by Gasteiger charge is -2.08. The molecule has 0 aliphatic rings. The van der Waals surface area contributed by atoms with Crippen LogP contribution in [0.5, 0.6) is 11.5 Å². The Morgan fingerprint density at radius 2 is 1.77 bits per heavy atom. The molecule has 4 heteroatoms. The molecule has 0 aliphatic heterocycles. The van der Waals surface area contributed by atoms with Gasteiger partial charge in [-0.25, -0.2) is 4.79 Å². The number of esters is 1. The van der Waals surface area contributed by atoms with Crippen molar-refractivity contribution in [2.45, 2.75) is 26.2 Å². The van der Waals surface area contributed by atoms with E-state index in [1.807, 2.05) is 12.1 Å². The normalized spacial score (nSPS) is 10.3. The molecule has 0 aromatic heterocycles. The molecule has 0 heterocycles. The van der Waals surface area contributed by atoms with Crippen molar-refractivity contribution in [3.05, 3.63) is 58.6 Å². The van der Waals surface area contributed by atoms with Crippen LogP contribution in [0.25, 0.3) is 0 Å². The number of benzene rings is 2. The highest BCUT2D eigenvalue weighted by Gasteiger charge is 2.13. The van der Waals surface area contributed by atoms with Crippen LogP contribution < -0.4 is 9.47 Å². The predicted molar refractivity (Wildman–Crippen MR) is 88.0 cm³/mol. The van der Waals surface area contributed by atoms with Crippen LogP contribution in [0, 0.1) is 0 Å². The van der Waals surface area contributed by atoms with Crippen molar-refractivity contribution >= 4 is 17.6 Å². The topological polar surface area (TPSA) is 35.5 Å². The number of carbonyl (C=O) groups excluding carboxylic acids is 1. The minimum atomic E-state index is -0.478. The Labute approximate surface area is 135 Å². The molecule has 0 amide bonds. The molecule has 0 saturated heterocycles. The standard InChI is InChI=1S/C18H19ClO3/c1-3-4-5-13-6-8-14(9-7-13)22-18(20)16-11-10-15(21-2)12-17(16)19/h6-12H,3-5H2,1-2H3. The molecule has 22 heavy (non-hydrogen) atoms. The summed E-state index contributed by atoms with van der Waals surface area (Å²) in [7, 11) is 1.55. The average Bonchev–Trinajstić information content (AvgIpc) is 2.53. The maximum absolute atomic E-state index is 12.1. The zero-order valence-corrected chi connectivity index (χ0v) is 13.5. The van der Waals surface area contributed by atoms with Gasteiger partial charge in [-0.05, 0) is 48.7 Å². The number of carbonyl (C=O) groups is 1. The lowest BCUT2D eigenvalue weighted by molar-refractivity contribution is 0.0735.